The van der Waals surface area contributed by atoms with Gasteiger partial charge in [-0.05, 0) is 49.4 Å². The Labute approximate surface area is 166 Å². The molecule has 8 heteroatoms. The maximum atomic E-state index is 8.23. The van der Waals surface area contributed by atoms with E-state index in [-0.39, 0.29) is 0 Å². The van der Waals surface area contributed by atoms with E-state index in [0.717, 1.165) is 10.6 Å². The Balaban J connectivity index is 2.09. The molecular weight excluding hydrogens is 384 g/mol. The summed E-state index contributed by atoms with van der Waals surface area (Å²) in [5, 5.41) is 12.1. The molecule has 1 aromatic heterocycles. The third kappa shape index (κ3) is 4.50. The van der Waals surface area contributed by atoms with Crippen LogP contribution in [0.5, 0.6) is 11.5 Å². The number of nitrogens with zero attached hydrogens (tertiary/aromatic N) is 2. The summed E-state index contributed by atoms with van der Waals surface area (Å²) in [7, 11) is 3.18. The topological polar surface area (TPSA) is 71.6 Å². The third-order valence-electron chi connectivity index (χ3n) is 3.70. The van der Waals surface area contributed by atoms with Gasteiger partial charge in [-0.3, -0.25) is 5.41 Å². The van der Waals surface area contributed by atoms with E-state index in [0.29, 0.717) is 33.7 Å². The SMILES string of the molecule is COc1ccc(N=C(Nc2ccc(Cl)cc2)n2sc(C)cc2=N)c(OC)c1. The van der Waals surface area contributed by atoms with Crippen molar-refractivity contribution in [2.45, 2.75) is 6.92 Å². The minimum atomic E-state index is 0.338. The Bertz CT molecular complexity index is 1020. The van der Waals surface area contributed by atoms with Crippen LogP contribution in [0.1, 0.15) is 4.88 Å². The quantitative estimate of drug-likeness (QED) is 0.492. The van der Waals surface area contributed by atoms with Crippen LogP contribution in [-0.2, 0) is 0 Å². The average Bonchev–Trinajstić information content (AvgIpc) is 3.01. The molecule has 0 spiro atoms. The maximum absolute atomic E-state index is 8.23. The Hall–Kier alpha value is -2.77. The summed E-state index contributed by atoms with van der Waals surface area (Å²) in [6.07, 6.45) is 0. The molecule has 0 bridgehead atoms. The van der Waals surface area contributed by atoms with Gasteiger partial charge in [0.05, 0.1) is 14.2 Å². The van der Waals surface area contributed by atoms with E-state index in [1.54, 1.807) is 42.4 Å². The highest BCUT2D eigenvalue weighted by atomic mass is 35.5. The summed E-state index contributed by atoms with van der Waals surface area (Å²) >= 11 is 7.40. The first-order chi connectivity index (χ1) is 13.0. The molecule has 0 unspecified atom stereocenters. The second-order valence-corrected chi connectivity index (χ2v) is 7.26. The van der Waals surface area contributed by atoms with Crippen LogP contribution in [0.15, 0.2) is 53.5 Å². The van der Waals surface area contributed by atoms with E-state index in [4.69, 9.17) is 31.5 Å². The predicted octanol–water partition coefficient (Wildman–Crippen LogP) is 4.66. The molecule has 3 aromatic rings. The van der Waals surface area contributed by atoms with Crippen molar-refractivity contribution < 1.29 is 9.47 Å². The molecule has 0 saturated heterocycles. The number of methoxy groups -OCH3 is 2. The van der Waals surface area contributed by atoms with Crippen LogP contribution in [0.2, 0.25) is 5.02 Å². The Morgan fingerprint density at radius 2 is 1.85 bits per heavy atom. The van der Waals surface area contributed by atoms with Crippen LogP contribution in [0, 0.1) is 12.3 Å². The fourth-order valence-electron chi connectivity index (χ4n) is 2.41. The number of hydrogen-bond donors (Lipinski definition) is 2. The minimum Gasteiger partial charge on any atom is -0.497 e. The van der Waals surface area contributed by atoms with Gasteiger partial charge in [-0.25, -0.2) is 8.95 Å². The molecule has 1 heterocycles. The van der Waals surface area contributed by atoms with Gasteiger partial charge in [-0.15, -0.1) is 0 Å². The predicted molar refractivity (Wildman–Crippen MR) is 110 cm³/mol. The number of benzene rings is 2. The standard InChI is InChI=1S/C19H19ClN4O2S/c1-12-10-18(21)24(27-12)19(22-14-6-4-13(20)5-7-14)23-16-9-8-15(25-2)11-17(16)26-3/h4-11,21H,1-3H3,(H,22,23). The van der Waals surface area contributed by atoms with E-state index >= 15 is 0 Å². The molecule has 2 aromatic carbocycles. The number of halogens is 1. The zero-order valence-corrected chi connectivity index (χ0v) is 16.7. The van der Waals surface area contributed by atoms with E-state index in [1.165, 1.54) is 11.5 Å². The van der Waals surface area contributed by atoms with Crippen molar-refractivity contribution in [3.8, 4) is 11.5 Å². The zero-order chi connectivity index (χ0) is 19.4. The van der Waals surface area contributed by atoms with E-state index in [9.17, 15) is 0 Å². The van der Waals surface area contributed by atoms with Gasteiger partial charge >= 0.3 is 0 Å². The minimum absolute atomic E-state index is 0.338. The molecule has 0 aliphatic heterocycles. The van der Waals surface area contributed by atoms with Gasteiger partial charge < -0.3 is 14.8 Å². The van der Waals surface area contributed by atoms with Crippen molar-refractivity contribution in [1.29, 1.82) is 5.41 Å². The Morgan fingerprint density at radius 3 is 2.44 bits per heavy atom. The molecular formula is C19H19ClN4O2S. The van der Waals surface area contributed by atoms with Gasteiger partial charge in [0.15, 0.2) is 0 Å². The lowest BCUT2D eigenvalue weighted by atomic mass is 10.3. The fraction of sp³-hybridized carbons (Fsp3) is 0.158. The number of aromatic nitrogens is 1. The van der Waals surface area contributed by atoms with Gasteiger partial charge in [0.1, 0.15) is 22.7 Å². The smallest absolute Gasteiger partial charge is 0.223 e. The van der Waals surface area contributed by atoms with E-state index < -0.39 is 0 Å². The largest absolute Gasteiger partial charge is 0.497 e. The van der Waals surface area contributed by atoms with Crippen molar-refractivity contribution >= 4 is 40.5 Å². The van der Waals surface area contributed by atoms with E-state index in [1.807, 2.05) is 31.2 Å². The van der Waals surface area contributed by atoms with Crippen molar-refractivity contribution in [1.82, 2.24) is 3.96 Å². The van der Waals surface area contributed by atoms with E-state index in [2.05, 4.69) is 5.32 Å². The number of ether oxygens (including phenoxy) is 2. The van der Waals surface area contributed by atoms with Crippen molar-refractivity contribution in [3.05, 3.63) is 63.9 Å². The van der Waals surface area contributed by atoms with Crippen LogP contribution >= 0.6 is 23.1 Å². The molecule has 0 aliphatic rings. The van der Waals surface area contributed by atoms with Crippen molar-refractivity contribution in [2.24, 2.45) is 4.99 Å². The van der Waals surface area contributed by atoms with Gasteiger partial charge in [-0.1, -0.05) is 23.1 Å². The average molecular weight is 403 g/mol. The number of aryl methyl sites for hydroxylation is 1. The molecule has 2 N–H and O–H groups in total. The molecule has 3 rings (SSSR count). The molecule has 140 valence electrons. The Kier molecular flexibility index (Phi) is 5.83. The van der Waals surface area contributed by atoms with Gasteiger partial charge in [-0.2, -0.15) is 0 Å². The lowest BCUT2D eigenvalue weighted by molar-refractivity contribution is 0.395. The summed E-state index contributed by atoms with van der Waals surface area (Å²) in [4.78, 5) is 5.72. The summed E-state index contributed by atoms with van der Waals surface area (Å²) in [5.74, 6) is 1.74. The van der Waals surface area contributed by atoms with Crippen molar-refractivity contribution in [3.63, 3.8) is 0 Å². The van der Waals surface area contributed by atoms with Gasteiger partial charge in [0.25, 0.3) is 0 Å². The second-order valence-electron chi connectivity index (χ2n) is 5.63. The zero-order valence-electron chi connectivity index (χ0n) is 15.1. The van der Waals surface area contributed by atoms with Crippen LogP contribution in [0.25, 0.3) is 0 Å². The lowest BCUT2D eigenvalue weighted by Crippen LogP contribution is -2.28. The Morgan fingerprint density at radius 1 is 1.11 bits per heavy atom. The van der Waals surface area contributed by atoms with Crippen LogP contribution in [0.3, 0.4) is 0 Å². The fourth-order valence-corrected chi connectivity index (χ4v) is 3.31. The highest BCUT2D eigenvalue weighted by Gasteiger charge is 2.11. The lowest BCUT2D eigenvalue weighted by Gasteiger charge is -2.12. The summed E-state index contributed by atoms with van der Waals surface area (Å²) in [6, 6.07) is 14.5. The normalized spacial score (nSPS) is 11.3. The molecule has 0 saturated carbocycles. The molecule has 0 amide bonds. The first-order valence-corrected chi connectivity index (χ1v) is 9.23. The summed E-state index contributed by atoms with van der Waals surface area (Å²) in [5.41, 5.74) is 1.77. The number of aliphatic imine (C=N–C) groups is 1. The molecule has 0 fully saturated rings. The molecule has 0 radical (unpaired) electrons. The second kappa shape index (κ2) is 8.28. The number of anilines is 1. The maximum Gasteiger partial charge on any atom is 0.223 e. The number of rotatable bonds is 4. The van der Waals surface area contributed by atoms with Gasteiger partial charge in [0, 0.05) is 21.7 Å². The summed E-state index contributed by atoms with van der Waals surface area (Å²) in [6.45, 7) is 1.95. The van der Waals surface area contributed by atoms with Crippen LogP contribution < -0.4 is 20.3 Å². The molecule has 0 aliphatic carbocycles. The number of nitrogens with one attached hydrogen (secondary N) is 2. The monoisotopic (exact) mass is 402 g/mol. The molecule has 6 nitrogen and oxygen atoms in total. The first kappa shape index (κ1) is 19.0. The van der Waals surface area contributed by atoms with Crippen LogP contribution in [0.4, 0.5) is 11.4 Å². The van der Waals surface area contributed by atoms with Crippen LogP contribution in [-0.4, -0.2) is 24.1 Å². The first-order valence-electron chi connectivity index (χ1n) is 8.08. The highest BCUT2D eigenvalue weighted by molar-refractivity contribution is 7.07. The third-order valence-corrected chi connectivity index (χ3v) is 4.91. The van der Waals surface area contributed by atoms with Gasteiger partial charge in [0.2, 0.25) is 5.96 Å². The molecule has 0 atom stereocenters. The number of hydrogen-bond acceptors (Lipinski definition) is 5. The molecule has 27 heavy (non-hydrogen) atoms. The van der Waals surface area contributed by atoms with Crippen molar-refractivity contribution in [2.75, 3.05) is 19.5 Å². The summed E-state index contributed by atoms with van der Waals surface area (Å²) < 4.78 is 12.4. The highest BCUT2D eigenvalue weighted by Crippen LogP contribution is 2.32.